The molecule has 0 radical (unpaired) electrons. The van der Waals surface area contributed by atoms with Crippen molar-refractivity contribution >= 4 is 63.8 Å². The fraction of sp³-hybridized carbons (Fsp3) is 0.300. The van der Waals surface area contributed by atoms with Crippen LogP contribution >= 0.6 is 45.3 Å². The van der Waals surface area contributed by atoms with Gasteiger partial charge in [0, 0.05) is 29.3 Å². The summed E-state index contributed by atoms with van der Waals surface area (Å²) in [6.07, 6.45) is 10.7. The molecule has 230 valence electrons. The Morgan fingerprint density at radius 2 is 0.933 bits per heavy atom. The number of fused-ring (bicyclic) bond motifs is 3. The van der Waals surface area contributed by atoms with E-state index >= 15 is 0 Å². The SMILES string of the molecule is CCCCCC[Si]1(CCCCCC)c2cc(-c3ccc(-c4cccs4)s3)ccc2-c2ccc(-c3ccc(-c4cccs4)s3)cc21. The Labute approximate surface area is 286 Å². The van der Waals surface area contributed by atoms with Gasteiger partial charge in [0.1, 0.15) is 8.07 Å². The molecule has 2 aromatic carbocycles. The predicted octanol–water partition coefficient (Wildman–Crippen LogP) is 13.3. The first-order valence-corrected chi connectivity index (χ1v) is 22.6. The Kier molecular flexibility index (Phi) is 9.71. The van der Waals surface area contributed by atoms with Crippen LogP contribution in [0.4, 0.5) is 0 Å². The number of rotatable bonds is 14. The second kappa shape index (κ2) is 14.1. The van der Waals surface area contributed by atoms with Gasteiger partial charge >= 0.3 is 0 Å². The third-order valence-corrected chi connectivity index (χ3v) is 19.3. The molecule has 7 rings (SSSR count). The van der Waals surface area contributed by atoms with E-state index in [1.807, 2.05) is 45.3 Å². The lowest BCUT2D eigenvalue weighted by Gasteiger charge is -2.31. The van der Waals surface area contributed by atoms with Crippen LogP contribution in [0.3, 0.4) is 0 Å². The summed E-state index contributed by atoms with van der Waals surface area (Å²) in [7, 11) is -1.98. The van der Waals surface area contributed by atoms with Gasteiger partial charge in [-0.25, -0.2) is 0 Å². The van der Waals surface area contributed by atoms with Crippen molar-refractivity contribution in [2.45, 2.75) is 77.3 Å². The highest BCUT2D eigenvalue weighted by Gasteiger charge is 2.44. The lowest BCUT2D eigenvalue weighted by molar-refractivity contribution is 0.684. The second-order valence-electron chi connectivity index (χ2n) is 12.5. The Morgan fingerprint density at radius 3 is 1.36 bits per heavy atom. The molecule has 0 N–H and O–H groups in total. The van der Waals surface area contributed by atoms with E-state index in [0.29, 0.717) is 0 Å². The number of hydrogen-bond donors (Lipinski definition) is 0. The largest absolute Gasteiger partial charge is 0.143 e. The van der Waals surface area contributed by atoms with Crippen LogP contribution in [0.25, 0.3) is 51.5 Å². The molecule has 4 aromatic heterocycles. The van der Waals surface area contributed by atoms with Crippen molar-refractivity contribution in [3.63, 3.8) is 0 Å². The van der Waals surface area contributed by atoms with E-state index in [9.17, 15) is 0 Å². The fourth-order valence-electron chi connectivity index (χ4n) is 7.26. The molecular weight excluding hydrogens is 637 g/mol. The van der Waals surface area contributed by atoms with Crippen molar-refractivity contribution in [1.82, 2.24) is 0 Å². The van der Waals surface area contributed by atoms with E-state index < -0.39 is 8.07 Å². The van der Waals surface area contributed by atoms with Gasteiger partial charge in [0.2, 0.25) is 0 Å². The highest BCUT2D eigenvalue weighted by atomic mass is 32.1. The molecule has 0 unspecified atom stereocenters. The van der Waals surface area contributed by atoms with Crippen LogP contribution in [0.1, 0.15) is 65.2 Å². The molecule has 1 aliphatic rings. The summed E-state index contributed by atoms with van der Waals surface area (Å²) in [4.78, 5) is 8.31. The van der Waals surface area contributed by atoms with Crippen molar-refractivity contribution in [3.05, 3.63) is 95.7 Å². The van der Waals surface area contributed by atoms with Crippen molar-refractivity contribution in [3.8, 4) is 51.5 Å². The van der Waals surface area contributed by atoms with E-state index in [2.05, 4.69) is 110 Å². The molecule has 0 nitrogen and oxygen atoms in total. The monoisotopic (exact) mass is 678 g/mol. The van der Waals surface area contributed by atoms with Gasteiger partial charge in [0.05, 0.1) is 0 Å². The minimum Gasteiger partial charge on any atom is -0.143 e. The minimum atomic E-state index is -1.98. The highest BCUT2D eigenvalue weighted by molar-refractivity contribution is 7.24. The minimum absolute atomic E-state index is 1.29. The molecule has 5 heterocycles. The summed E-state index contributed by atoms with van der Waals surface area (Å²) in [5.74, 6) is 0. The Morgan fingerprint density at radius 1 is 0.467 bits per heavy atom. The maximum atomic E-state index is 2.66. The van der Waals surface area contributed by atoms with E-state index in [1.165, 1.54) is 115 Å². The third-order valence-electron chi connectivity index (χ3n) is 9.58. The predicted molar refractivity (Wildman–Crippen MR) is 208 cm³/mol. The summed E-state index contributed by atoms with van der Waals surface area (Å²) in [5.41, 5.74) is 5.87. The van der Waals surface area contributed by atoms with Crippen LogP contribution in [0, 0.1) is 0 Å². The molecule has 0 saturated carbocycles. The molecule has 0 saturated heterocycles. The molecule has 0 atom stereocenters. The summed E-state index contributed by atoms with van der Waals surface area (Å²) >= 11 is 7.58. The molecule has 0 aliphatic carbocycles. The maximum Gasteiger partial charge on any atom is 0.119 e. The topological polar surface area (TPSA) is 0 Å². The lowest BCUT2D eigenvalue weighted by atomic mass is 10.0. The molecule has 0 spiro atoms. The zero-order valence-electron chi connectivity index (χ0n) is 26.4. The molecule has 5 heteroatoms. The normalized spacial score (nSPS) is 13.3. The van der Waals surface area contributed by atoms with Crippen LogP contribution < -0.4 is 10.4 Å². The molecule has 1 aliphatic heterocycles. The first-order valence-electron chi connectivity index (χ1n) is 16.8. The van der Waals surface area contributed by atoms with Gasteiger partial charge in [-0.05, 0) is 91.9 Å². The number of benzene rings is 2. The average molecular weight is 679 g/mol. The average Bonchev–Trinajstić information content (AvgIpc) is 3.91. The van der Waals surface area contributed by atoms with Crippen LogP contribution in [0.5, 0.6) is 0 Å². The standard InChI is InChI=1S/C40H42S4Si/c1-3-5-7-9-25-45(26-10-8-6-4-2)39-27-29(33-19-21-37(43-33)35-13-11-23-41-35)15-17-31(39)32-18-16-30(28-40(32)45)34-20-22-38(44-34)36-14-12-24-42-36/h11-24,27-28H,3-10,25-26H2,1-2H3. The highest BCUT2D eigenvalue weighted by Crippen LogP contribution is 2.42. The number of unbranched alkanes of at least 4 members (excludes halogenated alkanes) is 6. The van der Waals surface area contributed by atoms with Crippen LogP contribution in [-0.4, -0.2) is 8.07 Å². The van der Waals surface area contributed by atoms with Crippen molar-refractivity contribution in [2.75, 3.05) is 0 Å². The lowest BCUT2D eigenvalue weighted by Crippen LogP contribution is -2.55. The van der Waals surface area contributed by atoms with Crippen LogP contribution in [-0.2, 0) is 0 Å². The molecular formula is C40H42S4Si. The van der Waals surface area contributed by atoms with Crippen LogP contribution in [0.15, 0.2) is 95.7 Å². The van der Waals surface area contributed by atoms with E-state index in [-0.39, 0.29) is 0 Å². The molecule has 45 heavy (non-hydrogen) atoms. The van der Waals surface area contributed by atoms with Gasteiger partial charge in [-0.2, -0.15) is 0 Å². The Hall–Kier alpha value is -2.54. The molecule has 6 aromatic rings. The smallest absolute Gasteiger partial charge is 0.119 e. The number of thiophene rings is 4. The first kappa shape index (κ1) is 31.1. The third kappa shape index (κ3) is 6.27. The van der Waals surface area contributed by atoms with Gasteiger partial charge in [-0.1, -0.05) is 114 Å². The summed E-state index contributed by atoms with van der Waals surface area (Å²) in [6, 6.07) is 36.0. The van der Waals surface area contributed by atoms with E-state index in [1.54, 1.807) is 10.4 Å². The van der Waals surface area contributed by atoms with Crippen molar-refractivity contribution in [2.24, 2.45) is 0 Å². The quantitative estimate of drug-likeness (QED) is 0.0794. The zero-order chi connectivity index (χ0) is 30.6. The van der Waals surface area contributed by atoms with Crippen LogP contribution in [0.2, 0.25) is 12.1 Å². The zero-order valence-corrected chi connectivity index (χ0v) is 30.7. The van der Waals surface area contributed by atoms with Crippen molar-refractivity contribution < 1.29 is 0 Å². The van der Waals surface area contributed by atoms with Gasteiger partial charge in [-0.3, -0.25) is 0 Å². The first-order chi connectivity index (χ1) is 22.2. The van der Waals surface area contributed by atoms with Gasteiger partial charge in [0.15, 0.2) is 0 Å². The maximum absolute atomic E-state index is 2.66. The summed E-state index contributed by atoms with van der Waals surface area (Å²) in [5, 5.41) is 7.81. The number of hydrogen-bond acceptors (Lipinski definition) is 4. The van der Waals surface area contributed by atoms with Crippen molar-refractivity contribution in [1.29, 1.82) is 0 Å². The van der Waals surface area contributed by atoms with Gasteiger partial charge in [0.25, 0.3) is 0 Å². The summed E-state index contributed by atoms with van der Waals surface area (Å²) in [6.45, 7) is 4.68. The fourth-order valence-corrected chi connectivity index (χ4v) is 16.6. The van der Waals surface area contributed by atoms with Gasteiger partial charge in [-0.15, -0.1) is 45.3 Å². The molecule has 0 amide bonds. The van der Waals surface area contributed by atoms with Gasteiger partial charge < -0.3 is 0 Å². The van der Waals surface area contributed by atoms with E-state index in [0.717, 1.165) is 0 Å². The Balaban J connectivity index is 1.32. The molecule has 0 bridgehead atoms. The van der Waals surface area contributed by atoms with E-state index in [4.69, 9.17) is 0 Å². The second-order valence-corrected chi connectivity index (χ2v) is 20.8. The Bertz CT molecular complexity index is 1700. The molecule has 0 fully saturated rings. The summed E-state index contributed by atoms with van der Waals surface area (Å²) < 4.78 is 0.